The molecular weight excluding hydrogens is 428 g/mol. The lowest BCUT2D eigenvalue weighted by atomic mass is 10.1. The first-order valence-electron chi connectivity index (χ1n) is 8.66. The van der Waals surface area contributed by atoms with Crippen molar-refractivity contribution in [3.05, 3.63) is 70.8 Å². The molecule has 6 nitrogen and oxygen atoms in total. The Bertz CT molecular complexity index is 1040. The third-order valence-electron chi connectivity index (χ3n) is 3.94. The highest BCUT2D eigenvalue weighted by Crippen LogP contribution is 2.32. The fourth-order valence-electron chi connectivity index (χ4n) is 2.56. The highest BCUT2D eigenvalue weighted by Gasteiger charge is 2.35. The number of carbonyl (C=O) groups is 1. The molecule has 2 aliphatic heterocycles. The number of nitrogens with one attached hydrogen (secondary N) is 1. The van der Waals surface area contributed by atoms with E-state index in [4.69, 9.17) is 21.7 Å². The number of hydrogen-bond donors (Lipinski definition) is 1. The second-order valence-electron chi connectivity index (χ2n) is 5.95. The Kier molecular flexibility index (Phi) is 6.03. The van der Waals surface area contributed by atoms with Crippen molar-refractivity contribution in [3.63, 3.8) is 0 Å². The number of amidine groups is 2. The molecule has 0 unspecified atom stereocenters. The van der Waals surface area contributed by atoms with Crippen molar-refractivity contribution in [1.29, 1.82) is 5.41 Å². The van der Waals surface area contributed by atoms with Crippen LogP contribution in [0.5, 0.6) is 5.75 Å². The third kappa shape index (κ3) is 4.72. The highest BCUT2D eigenvalue weighted by atomic mass is 35.5. The van der Waals surface area contributed by atoms with Crippen molar-refractivity contribution in [2.24, 2.45) is 10.1 Å². The van der Waals surface area contributed by atoms with Crippen LogP contribution in [0, 0.1) is 5.41 Å². The molecule has 0 saturated heterocycles. The van der Waals surface area contributed by atoms with Gasteiger partial charge in [-0.2, -0.15) is 10.0 Å². The van der Waals surface area contributed by atoms with E-state index < -0.39 is 5.91 Å². The minimum atomic E-state index is -0.447. The molecule has 0 fully saturated rings. The van der Waals surface area contributed by atoms with Crippen molar-refractivity contribution >= 4 is 62.5 Å². The summed E-state index contributed by atoms with van der Waals surface area (Å²) < 4.78 is 6.40. The first kappa shape index (κ1) is 19.8. The van der Waals surface area contributed by atoms with E-state index in [9.17, 15) is 4.79 Å². The van der Waals surface area contributed by atoms with Gasteiger partial charge in [0.25, 0.3) is 5.91 Å². The van der Waals surface area contributed by atoms with Crippen molar-refractivity contribution < 1.29 is 9.53 Å². The van der Waals surface area contributed by atoms with Gasteiger partial charge in [0.05, 0.1) is 12.2 Å². The zero-order chi connectivity index (χ0) is 20.2. The van der Waals surface area contributed by atoms with Crippen LogP contribution in [-0.4, -0.2) is 38.7 Å². The van der Waals surface area contributed by atoms with Gasteiger partial charge in [-0.3, -0.25) is 10.2 Å². The number of carbonyl (C=O) groups excluding carboxylic acids is 1. The number of nitrogens with zero attached hydrogens (tertiary/aromatic N) is 3. The molecule has 2 aliphatic rings. The molecule has 0 aliphatic carbocycles. The zero-order valence-corrected chi connectivity index (χ0v) is 17.4. The Morgan fingerprint density at radius 1 is 1.17 bits per heavy atom. The molecule has 0 saturated carbocycles. The summed E-state index contributed by atoms with van der Waals surface area (Å²) in [5.41, 5.74) is 0.962. The van der Waals surface area contributed by atoms with Crippen LogP contribution in [0.2, 0.25) is 5.02 Å². The van der Waals surface area contributed by atoms with Gasteiger partial charge in [0.1, 0.15) is 5.75 Å². The number of ether oxygens (including phenoxy) is 1. The molecule has 9 heteroatoms. The largest absolute Gasteiger partial charge is 0.493 e. The highest BCUT2D eigenvalue weighted by molar-refractivity contribution is 8.45. The fourth-order valence-corrected chi connectivity index (χ4v) is 4.51. The van der Waals surface area contributed by atoms with E-state index >= 15 is 0 Å². The van der Waals surface area contributed by atoms with Crippen molar-refractivity contribution in [1.82, 2.24) is 5.01 Å². The number of fused-ring (bicyclic) bond motifs is 1. The van der Waals surface area contributed by atoms with Crippen molar-refractivity contribution in [2.45, 2.75) is 0 Å². The molecule has 2 heterocycles. The molecule has 146 valence electrons. The van der Waals surface area contributed by atoms with E-state index in [1.54, 1.807) is 30.3 Å². The molecular formula is C20H15ClN4O2S2. The van der Waals surface area contributed by atoms with E-state index in [0.717, 1.165) is 15.7 Å². The molecule has 0 aromatic heterocycles. The predicted molar refractivity (Wildman–Crippen MR) is 121 cm³/mol. The maximum Gasteiger partial charge on any atom is 0.283 e. The first-order valence-corrected chi connectivity index (χ1v) is 10.8. The number of para-hydroxylation sites is 1. The summed E-state index contributed by atoms with van der Waals surface area (Å²) in [7, 11) is 0. The van der Waals surface area contributed by atoms with E-state index in [-0.39, 0.29) is 11.4 Å². The first-order chi connectivity index (χ1) is 14.1. The van der Waals surface area contributed by atoms with Gasteiger partial charge in [-0.15, -0.1) is 5.10 Å². The van der Waals surface area contributed by atoms with Gasteiger partial charge in [0.15, 0.2) is 10.2 Å². The van der Waals surface area contributed by atoms with Gasteiger partial charge in [-0.1, -0.05) is 53.7 Å². The summed E-state index contributed by atoms with van der Waals surface area (Å²) in [4.78, 5) is 16.5. The van der Waals surface area contributed by atoms with Crippen LogP contribution >= 0.6 is 35.1 Å². The Hall–Kier alpha value is -2.55. The van der Waals surface area contributed by atoms with Gasteiger partial charge in [-0.25, -0.2) is 0 Å². The SMILES string of the molecule is N=C1/C(=C\c2ccc(Cl)cc2)C(=O)N=C2SC(SCCOc3ccccc3)=NN12. The smallest absolute Gasteiger partial charge is 0.283 e. The van der Waals surface area contributed by atoms with E-state index in [2.05, 4.69) is 10.1 Å². The number of aliphatic imine (C=N–C) groups is 1. The van der Waals surface area contributed by atoms with Crippen LogP contribution in [0.1, 0.15) is 5.56 Å². The van der Waals surface area contributed by atoms with Gasteiger partial charge >= 0.3 is 0 Å². The maximum absolute atomic E-state index is 12.4. The third-order valence-corrected chi connectivity index (χ3v) is 6.20. The summed E-state index contributed by atoms with van der Waals surface area (Å²) in [5.74, 6) is 1.08. The summed E-state index contributed by atoms with van der Waals surface area (Å²) in [5, 5.41) is 15.2. The maximum atomic E-state index is 12.4. The second-order valence-corrected chi connectivity index (χ2v) is 8.68. The van der Waals surface area contributed by atoms with Crippen LogP contribution < -0.4 is 4.74 Å². The average Bonchev–Trinajstić information content (AvgIpc) is 3.13. The summed E-state index contributed by atoms with van der Waals surface area (Å²) in [6.45, 7) is 0.527. The zero-order valence-electron chi connectivity index (χ0n) is 15.0. The summed E-state index contributed by atoms with van der Waals surface area (Å²) in [6.07, 6.45) is 1.63. The number of amides is 1. The Morgan fingerprint density at radius 3 is 2.69 bits per heavy atom. The summed E-state index contributed by atoms with van der Waals surface area (Å²) >= 11 is 8.68. The number of thioether (sulfide) groups is 2. The number of hydrazone groups is 1. The minimum absolute atomic E-state index is 0.0126. The molecule has 0 radical (unpaired) electrons. The van der Waals surface area contributed by atoms with Gasteiger partial charge in [-0.05, 0) is 47.7 Å². The molecule has 1 N–H and O–H groups in total. The predicted octanol–water partition coefficient (Wildman–Crippen LogP) is 4.73. The molecule has 29 heavy (non-hydrogen) atoms. The van der Waals surface area contributed by atoms with Gasteiger partial charge < -0.3 is 4.74 Å². The molecule has 0 atom stereocenters. The van der Waals surface area contributed by atoms with E-state index in [1.165, 1.54) is 28.5 Å². The van der Waals surface area contributed by atoms with Crippen LogP contribution in [0.25, 0.3) is 6.08 Å². The van der Waals surface area contributed by atoms with Crippen molar-refractivity contribution in [3.8, 4) is 5.75 Å². The molecule has 2 aromatic carbocycles. The van der Waals surface area contributed by atoms with Crippen molar-refractivity contribution in [2.75, 3.05) is 12.4 Å². The summed E-state index contributed by atoms with van der Waals surface area (Å²) in [6, 6.07) is 16.6. The Balaban J connectivity index is 1.40. The molecule has 1 amide bonds. The lowest BCUT2D eigenvalue weighted by molar-refractivity contribution is -0.114. The van der Waals surface area contributed by atoms with Crippen LogP contribution in [-0.2, 0) is 4.79 Å². The number of rotatable bonds is 5. The number of hydrogen-bond acceptors (Lipinski definition) is 6. The lowest BCUT2D eigenvalue weighted by Gasteiger charge is -2.20. The fraction of sp³-hybridized carbons (Fsp3) is 0.100. The quantitative estimate of drug-likeness (QED) is 0.535. The minimum Gasteiger partial charge on any atom is -0.493 e. The van der Waals surface area contributed by atoms with Crippen LogP contribution in [0.4, 0.5) is 0 Å². The lowest BCUT2D eigenvalue weighted by Crippen LogP contribution is -2.35. The molecule has 0 spiro atoms. The average molecular weight is 443 g/mol. The molecule has 2 aromatic rings. The normalized spacial score (nSPS) is 17.3. The monoisotopic (exact) mass is 442 g/mol. The second kappa shape index (κ2) is 8.86. The van der Waals surface area contributed by atoms with Gasteiger partial charge in [0.2, 0.25) is 5.17 Å². The van der Waals surface area contributed by atoms with E-state index in [0.29, 0.717) is 22.6 Å². The van der Waals surface area contributed by atoms with E-state index in [1.807, 2.05) is 30.3 Å². The number of benzene rings is 2. The van der Waals surface area contributed by atoms with Crippen LogP contribution in [0.3, 0.4) is 0 Å². The topological polar surface area (TPSA) is 78.1 Å². The Morgan fingerprint density at radius 2 is 1.93 bits per heavy atom. The Labute approximate surface area is 181 Å². The standard InChI is InChI=1S/C20H15ClN4O2S2/c21-14-8-6-13(7-9-14)12-16-17(22)25-19(23-18(16)26)29-20(24-25)28-11-10-27-15-4-2-1-3-5-15/h1-9,12,22H,10-11H2/b16-12+,22-17?. The van der Waals surface area contributed by atoms with Crippen LogP contribution in [0.15, 0.2) is 70.3 Å². The van der Waals surface area contributed by atoms with Gasteiger partial charge in [0, 0.05) is 10.8 Å². The number of halogens is 1. The molecule has 4 rings (SSSR count). The molecule has 0 bridgehead atoms.